The Morgan fingerprint density at radius 1 is 1.59 bits per heavy atom. The number of amides is 1. The monoisotopic (exact) mass is 250 g/mol. The highest BCUT2D eigenvalue weighted by atomic mass is 35.5. The fraction of sp³-hybridized carbons (Fsp3) is 0.385. The molecule has 0 heterocycles. The molecular weight excluding hydrogens is 236 g/mol. The molecule has 0 aliphatic carbocycles. The Balaban J connectivity index is 2.71. The van der Waals surface area contributed by atoms with Gasteiger partial charge in [-0.15, -0.1) is 11.6 Å². The molecule has 0 bridgehead atoms. The molecule has 0 aliphatic rings. The van der Waals surface area contributed by atoms with Gasteiger partial charge in [0.2, 0.25) is 5.91 Å². The van der Waals surface area contributed by atoms with Crippen LogP contribution in [0.25, 0.3) is 0 Å². The minimum absolute atomic E-state index is 0.0161. The van der Waals surface area contributed by atoms with Gasteiger partial charge in [0.05, 0.1) is 11.6 Å². The van der Waals surface area contributed by atoms with Crippen LogP contribution in [-0.2, 0) is 11.3 Å². The van der Waals surface area contributed by atoms with E-state index in [1.165, 1.54) is 0 Å². The first kappa shape index (κ1) is 13.5. The van der Waals surface area contributed by atoms with E-state index in [0.29, 0.717) is 18.0 Å². The van der Waals surface area contributed by atoms with Crippen molar-refractivity contribution >= 4 is 17.5 Å². The second-order valence-corrected chi connectivity index (χ2v) is 4.37. The van der Waals surface area contributed by atoms with Crippen molar-refractivity contribution < 1.29 is 4.79 Å². The molecule has 1 aromatic rings. The second-order valence-electron chi connectivity index (χ2n) is 4.06. The molecule has 3 nitrogen and oxygen atoms in total. The standard InChI is InChI=1S/C13H15ClN2O/c1-10(7-14)13(17)16(2)9-12-5-3-4-11(6-12)8-15/h3-6,10H,7,9H2,1-2H3. The molecule has 90 valence electrons. The summed E-state index contributed by atoms with van der Waals surface area (Å²) in [6.07, 6.45) is 0. The lowest BCUT2D eigenvalue weighted by Crippen LogP contribution is -2.31. The van der Waals surface area contributed by atoms with Crippen molar-refractivity contribution in [2.24, 2.45) is 5.92 Å². The molecule has 1 rings (SSSR count). The summed E-state index contributed by atoms with van der Waals surface area (Å²) in [6.45, 7) is 2.30. The molecular formula is C13H15ClN2O. The lowest BCUT2D eigenvalue weighted by atomic mass is 10.1. The van der Waals surface area contributed by atoms with Gasteiger partial charge in [-0.1, -0.05) is 19.1 Å². The molecule has 1 amide bonds. The fourth-order valence-corrected chi connectivity index (χ4v) is 1.67. The van der Waals surface area contributed by atoms with Gasteiger partial charge < -0.3 is 4.90 Å². The highest BCUT2D eigenvalue weighted by molar-refractivity contribution is 6.19. The third-order valence-corrected chi connectivity index (χ3v) is 2.97. The lowest BCUT2D eigenvalue weighted by Gasteiger charge is -2.20. The molecule has 0 spiro atoms. The molecule has 0 saturated heterocycles. The van der Waals surface area contributed by atoms with Crippen LogP contribution in [-0.4, -0.2) is 23.7 Å². The van der Waals surface area contributed by atoms with Crippen molar-refractivity contribution in [3.05, 3.63) is 35.4 Å². The van der Waals surface area contributed by atoms with Gasteiger partial charge >= 0.3 is 0 Å². The van der Waals surface area contributed by atoms with Crippen LogP contribution in [0.15, 0.2) is 24.3 Å². The molecule has 4 heteroatoms. The lowest BCUT2D eigenvalue weighted by molar-refractivity contribution is -0.133. The summed E-state index contributed by atoms with van der Waals surface area (Å²) in [7, 11) is 1.74. The number of hydrogen-bond acceptors (Lipinski definition) is 2. The first-order chi connectivity index (χ1) is 8.08. The molecule has 0 aliphatic heterocycles. The highest BCUT2D eigenvalue weighted by Gasteiger charge is 2.16. The van der Waals surface area contributed by atoms with Crippen LogP contribution in [0.2, 0.25) is 0 Å². The molecule has 1 unspecified atom stereocenters. The zero-order valence-electron chi connectivity index (χ0n) is 9.98. The third-order valence-electron chi connectivity index (χ3n) is 2.51. The van der Waals surface area contributed by atoms with Crippen LogP contribution in [0.1, 0.15) is 18.1 Å². The van der Waals surface area contributed by atoms with Crippen LogP contribution in [0.3, 0.4) is 0 Å². The van der Waals surface area contributed by atoms with Gasteiger partial charge in [-0.3, -0.25) is 4.79 Å². The zero-order chi connectivity index (χ0) is 12.8. The van der Waals surface area contributed by atoms with E-state index in [4.69, 9.17) is 16.9 Å². The van der Waals surface area contributed by atoms with Gasteiger partial charge in [-0.25, -0.2) is 0 Å². The average Bonchev–Trinajstić information content (AvgIpc) is 2.37. The quantitative estimate of drug-likeness (QED) is 0.771. The number of benzene rings is 1. The Morgan fingerprint density at radius 3 is 2.88 bits per heavy atom. The van der Waals surface area contributed by atoms with E-state index >= 15 is 0 Å². The van der Waals surface area contributed by atoms with Gasteiger partial charge in [0.15, 0.2) is 0 Å². The summed E-state index contributed by atoms with van der Waals surface area (Å²) in [6, 6.07) is 9.32. The van der Waals surface area contributed by atoms with Crippen molar-refractivity contribution in [1.82, 2.24) is 4.90 Å². The number of nitrogens with zero attached hydrogens (tertiary/aromatic N) is 2. The Labute approximate surface area is 107 Å². The molecule has 17 heavy (non-hydrogen) atoms. The van der Waals surface area contributed by atoms with Crippen molar-refractivity contribution in [2.45, 2.75) is 13.5 Å². The Bertz CT molecular complexity index is 439. The number of carbonyl (C=O) groups excluding carboxylic acids is 1. The van der Waals surface area contributed by atoms with E-state index in [0.717, 1.165) is 5.56 Å². The maximum Gasteiger partial charge on any atom is 0.226 e. The largest absolute Gasteiger partial charge is 0.341 e. The SMILES string of the molecule is CC(CCl)C(=O)N(C)Cc1cccc(C#N)c1. The molecule has 0 saturated carbocycles. The minimum atomic E-state index is -0.180. The summed E-state index contributed by atoms with van der Waals surface area (Å²) in [5.41, 5.74) is 1.55. The number of nitriles is 1. The first-order valence-corrected chi connectivity index (χ1v) is 5.92. The first-order valence-electron chi connectivity index (χ1n) is 5.38. The van der Waals surface area contributed by atoms with Crippen LogP contribution >= 0.6 is 11.6 Å². The van der Waals surface area contributed by atoms with Crippen molar-refractivity contribution in [3.8, 4) is 6.07 Å². The number of hydrogen-bond donors (Lipinski definition) is 0. The summed E-state index contributed by atoms with van der Waals surface area (Å²) < 4.78 is 0. The third kappa shape index (κ3) is 3.76. The van der Waals surface area contributed by atoms with Crippen molar-refractivity contribution in [1.29, 1.82) is 5.26 Å². The molecule has 0 fully saturated rings. The topological polar surface area (TPSA) is 44.1 Å². The Hall–Kier alpha value is -1.53. The molecule has 0 aromatic heterocycles. The van der Waals surface area contributed by atoms with Crippen LogP contribution in [0.4, 0.5) is 0 Å². The van der Waals surface area contributed by atoms with Gasteiger partial charge in [0, 0.05) is 25.4 Å². The fourth-order valence-electron chi connectivity index (χ4n) is 1.53. The maximum atomic E-state index is 11.8. The summed E-state index contributed by atoms with van der Waals surface area (Å²) in [5.74, 6) is 0.157. The summed E-state index contributed by atoms with van der Waals surface area (Å²) >= 11 is 5.65. The van der Waals surface area contributed by atoms with Gasteiger partial charge in [0.25, 0.3) is 0 Å². The van der Waals surface area contributed by atoms with E-state index in [1.54, 1.807) is 31.0 Å². The number of carbonyl (C=O) groups is 1. The predicted octanol–water partition coefficient (Wildman–Crippen LogP) is 2.39. The predicted molar refractivity (Wildman–Crippen MR) is 67.5 cm³/mol. The van der Waals surface area contributed by atoms with Crippen LogP contribution in [0.5, 0.6) is 0 Å². The molecule has 0 N–H and O–H groups in total. The summed E-state index contributed by atoms with van der Waals surface area (Å²) in [5, 5.41) is 8.78. The smallest absolute Gasteiger partial charge is 0.226 e. The second kappa shape index (κ2) is 6.27. The Morgan fingerprint density at radius 2 is 2.29 bits per heavy atom. The molecule has 1 atom stereocenters. The van der Waals surface area contributed by atoms with Gasteiger partial charge in [0.1, 0.15) is 0 Å². The highest BCUT2D eigenvalue weighted by Crippen LogP contribution is 2.10. The van der Waals surface area contributed by atoms with E-state index in [2.05, 4.69) is 6.07 Å². The molecule has 0 radical (unpaired) electrons. The van der Waals surface area contributed by atoms with Crippen LogP contribution in [0, 0.1) is 17.2 Å². The summed E-state index contributed by atoms with van der Waals surface area (Å²) in [4.78, 5) is 13.4. The number of halogens is 1. The molecule has 1 aromatic carbocycles. The Kier molecular flexibility index (Phi) is 4.99. The zero-order valence-corrected chi connectivity index (χ0v) is 10.7. The number of alkyl halides is 1. The number of rotatable bonds is 4. The van der Waals surface area contributed by atoms with Gasteiger partial charge in [-0.2, -0.15) is 5.26 Å². The van der Waals surface area contributed by atoms with Crippen molar-refractivity contribution in [2.75, 3.05) is 12.9 Å². The van der Waals surface area contributed by atoms with Crippen molar-refractivity contribution in [3.63, 3.8) is 0 Å². The van der Waals surface area contributed by atoms with E-state index in [-0.39, 0.29) is 11.8 Å². The van der Waals surface area contributed by atoms with Crippen LogP contribution < -0.4 is 0 Å². The maximum absolute atomic E-state index is 11.8. The normalized spacial score (nSPS) is 11.6. The van der Waals surface area contributed by atoms with E-state index in [9.17, 15) is 4.79 Å². The average molecular weight is 251 g/mol. The van der Waals surface area contributed by atoms with E-state index in [1.807, 2.05) is 12.1 Å². The van der Waals surface area contributed by atoms with Gasteiger partial charge in [-0.05, 0) is 17.7 Å². The van der Waals surface area contributed by atoms with E-state index < -0.39 is 0 Å². The minimum Gasteiger partial charge on any atom is -0.341 e.